The molecule has 4 amide bonds. The van der Waals surface area contributed by atoms with E-state index in [-0.39, 0.29) is 85.4 Å². The van der Waals surface area contributed by atoms with E-state index in [1.807, 2.05) is 0 Å². The first-order valence-electron chi connectivity index (χ1n) is 18.2. The number of amides is 4. The molecule has 330 valence electrons. The molecule has 0 aliphatic carbocycles. The smallest absolute Gasteiger partial charge is 0.258 e. The van der Waals surface area contributed by atoms with Crippen LogP contribution in [0.1, 0.15) is 45.7 Å². The van der Waals surface area contributed by atoms with Crippen LogP contribution in [-0.4, -0.2) is 47.3 Å². The summed E-state index contributed by atoms with van der Waals surface area (Å²) in [5.74, 6) is -4.27. The maximum atomic E-state index is 13.4. The summed E-state index contributed by atoms with van der Waals surface area (Å²) in [5, 5.41) is 27.5. The minimum atomic E-state index is -1.63. The Balaban J connectivity index is 1.27. The van der Waals surface area contributed by atoms with Crippen molar-refractivity contribution in [1.82, 2.24) is 0 Å². The summed E-state index contributed by atoms with van der Waals surface area (Å²) in [4.78, 5) is 78.2. The number of anilines is 4. The number of hydrogen-bond acceptors (Lipinski definition) is 10. The molecule has 64 heavy (non-hydrogen) atoms. The van der Waals surface area contributed by atoms with Gasteiger partial charge in [0.1, 0.15) is 11.4 Å². The lowest BCUT2D eigenvalue weighted by molar-refractivity contribution is -0.127. The first-order valence-corrected chi connectivity index (χ1v) is 21.2. The minimum absolute atomic E-state index is 0.0250. The maximum Gasteiger partial charge on any atom is 0.258 e. The van der Waals surface area contributed by atoms with E-state index in [0.29, 0.717) is 11.1 Å². The third-order valence-electron chi connectivity index (χ3n) is 8.82. The molecule has 2 unspecified atom stereocenters. The average Bonchev–Trinajstić information content (AvgIpc) is 3.20. The van der Waals surface area contributed by atoms with Crippen molar-refractivity contribution in [3.63, 3.8) is 0 Å². The summed E-state index contributed by atoms with van der Waals surface area (Å²) in [7, 11) is 0. The maximum absolute atomic E-state index is 13.4. The molecule has 0 radical (unpaired) electrons. The molecule has 0 aliphatic heterocycles. The third-order valence-corrected chi connectivity index (χ3v) is 11.1. The first-order chi connectivity index (χ1) is 30.1. The van der Waals surface area contributed by atoms with Gasteiger partial charge in [0.05, 0.1) is 41.5 Å². The fourth-order valence-corrected chi connectivity index (χ4v) is 7.65. The van der Waals surface area contributed by atoms with E-state index in [0.717, 1.165) is 13.8 Å². The van der Waals surface area contributed by atoms with E-state index in [2.05, 4.69) is 41.7 Å². The van der Waals surface area contributed by atoms with Gasteiger partial charge in [-0.2, -0.15) is 20.5 Å². The second kappa shape index (κ2) is 21.7. The highest BCUT2D eigenvalue weighted by Crippen LogP contribution is 2.36. The van der Waals surface area contributed by atoms with Crippen molar-refractivity contribution in [2.45, 2.75) is 39.8 Å². The Kier molecular flexibility index (Phi) is 16.9. The predicted octanol–water partition coefficient (Wildman–Crippen LogP) is 13.4. The Morgan fingerprint density at radius 3 is 1.09 bits per heavy atom. The quantitative estimate of drug-likeness (QED) is 0.0630. The highest BCUT2D eigenvalue weighted by molar-refractivity contribution is 6.43. The number of hydrogen-bond donors (Lipinski definition) is 4. The number of Topliss-reactive ketones (excluding diaryl/α,β-unsaturated/α-hetero) is 2. The fraction of sp³-hybridized carbons (Fsp3) is 0.143. The van der Waals surface area contributed by atoms with Crippen molar-refractivity contribution in [1.29, 1.82) is 0 Å². The van der Waals surface area contributed by atoms with Gasteiger partial charge in [0.15, 0.2) is 11.6 Å². The molecule has 2 atom stereocenters. The standard InChI is InChI=1S/C42H30Cl8N8O6/c1-17-9-32(52-42(64)36(20(4)60)58-56-34-12-22(6-8-26(34)46)40(62)54-38-29(49)15-24(44)16-30(38)50)18(2)10-31(17)51-41(63)35(19(3)59)57-55-33-11-21(5-7-25(33)45)39(61)53-37-27(47)13-23(43)14-28(37)48/h5-16,35-36H,1-4H3,(H,51,63)(H,52,64)(H,53,61)(H,54,62). The number of rotatable bonds is 14. The number of benzene rings is 5. The summed E-state index contributed by atoms with van der Waals surface area (Å²) in [6.07, 6.45) is 0. The van der Waals surface area contributed by atoms with E-state index in [4.69, 9.17) is 92.8 Å². The number of aryl methyl sites for hydroxylation is 2. The lowest BCUT2D eigenvalue weighted by atomic mass is 10.1. The van der Waals surface area contributed by atoms with Gasteiger partial charge >= 0.3 is 0 Å². The zero-order valence-electron chi connectivity index (χ0n) is 33.3. The highest BCUT2D eigenvalue weighted by atomic mass is 35.5. The minimum Gasteiger partial charge on any atom is -0.324 e. The van der Waals surface area contributed by atoms with Crippen LogP contribution in [0.25, 0.3) is 0 Å². The van der Waals surface area contributed by atoms with Gasteiger partial charge in [-0.15, -0.1) is 0 Å². The van der Waals surface area contributed by atoms with Crippen LogP contribution in [0.4, 0.5) is 34.1 Å². The summed E-state index contributed by atoms with van der Waals surface area (Å²) in [6, 6.07) is 13.6. The van der Waals surface area contributed by atoms with Crippen molar-refractivity contribution < 1.29 is 28.8 Å². The van der Waals surface area contributed by atoms with Gasteiger partial charge in [0, 0.05) is 32.5 Å². The molecule has 5 rings (SSSR count). The molecule has 22 heteroatoms. The Bertz CT molecular complexity index is 2590. The summed E-state index contributed by atoms with van der Waals surface area (Å²) in [6.45, 7) is 5.53. The van der Waals surface area contributed by atoms with E-state index >= 15 is 0 Å². The van der Waals surface area contributed by atoms with Gasteiger partial charge in [-0.1, -0.05) is 92.8 Å². The van der Waals surface area contributed by atoms with Crippen LogP contribution in [0, 0.1) is 13.8 Å². The van der Waals surface area contributed by atoms with Crippen molar-refractivity contribution in [3.05, 3.63) is 135 Å². The summed E-state index contributed by atoms with van der Waals surface area (Å²) >= 11 is 49.3. The van der Waals surface area contributed by atoms with E-state index in [1.165, 1.54) is 72.8 Å². The van der Waals surface area contributed by atoms with Crippen molar-refractivity contribution in [2.75, 3.05) is 21.3 Å². The number of nitrogens with one attached hydrogen (secondary N) is 4. The van der Waals surface area contributed by atoms with Crippen molar-refractivity contribution in [2.24, 2.45) is 20.5 Å². The first kappa shape index (κ1) is 49.8. The van der Waals surface area contributed by atoms with Crippen LogP contribution in [0.3, 0.4) is 0 Å². The average molecular weight is 1030 g/mol. The number of carbonyl (C=O) groups is 6. The molecule has 0 heterocycles. The van der Waals surface area contributed by atoms with E-state index in [1.54, 1.807) is 13.8 Å². The molecule has 0 saturated carbocycles. The number of halogens is 8. The third kappa shape index (κ3) is 12.5. The van der Waals surface area contributed by atoms with Crippen molar-refractivity contribution in [3.8, 4) is 0 Å². The molecule has 0 saturated heterocycles. The topological polar surface area (TPSA) is 200 Å². The van der Waals surface area contributed by atoms with Crippen LogP contribution in [0.15, 0.2) is 93.3 Å². The lowest BCUT2D eigenvalue weighted by Crippen LogP contribution is -2.32. The molecule has 0 spiro atoms. The van der Waals surface area contributed by atoms with Crippen LogP contribution in [0.5, 0.6) is 0 Å². The number of carbonyl (C=O) groups excluding carboxylic acids is 6. The number of azo groups is 2. The second-order valence-corrected chi connectivity index (χ2v) is 17.0. The SMILES string of the molecule is CC(=O)C(N=Nc1cc(C(=O)Nc2c(Cl)cc(Cl)cc2Cl)ccc1Cl)C(=O)Nc1cc(C)c(NC(=O)C(N=Nc2cc(C(=O)Nc3c(Cl)cc(Cl)cc3Cl)ccc2Cl)C(C)=O)cc1C. The molecular weight excluding hydrogens is 996 g/mol. The number of nitrogens with zero attached hydrogens (tertiary/aromatic N) is 4. The zero-order chi connectivity index (χ0) is 47.2. The Morgan fingerprint density at radius 1 is 0.453 bits per heavy atom. The Hall–Kier alpha value is -5.16. The predicted molar refractivity (Wildman–Crippen MR) is 253 cm³/mol. The molecule has 0 bridgehead atoms. The van der Waals surface area contributed by atoms with Crippen LogP contribution >= 0.6 is 92.8 Å². The van der Waals surface area contributed by atoms with Crippen LogP contribution < -0.4 is 21.3 Å². The van der Waals surface area contributed by atoms with Crippen LogP contribution in [-0.2, 0) is 19.2 Å². The molecule has 0 aromatic heterocycles. The van der Waals surface area contributed by atoms with Gasteiger partial charge < -0.3 is 21.3 Å². The summed E-state index contributed by atoms with van der Waals surface area (Å²) < 4.78 is 0. The Labute approximate surface area is 405 Å². The molecular formula is C42H30Cl8N8O6. The monoisotopic (exact) mass is 1020 g/mol. The van der Waals surface area contributed by atoms with Crippen LogP contribution in [0.2, 0.25) is 40.2 Å². The van der Waals surface area contributed by atoms with E-state index < -0.39 is 47.3 Å². The van der Waals surface area contributed by atoms with E-state index in [9.17, 15) is 28.8 Å². The molecule has 0 fully saturated rings. The Morgan fingerprint density at radius 2 is 0.781 bits per heavy atom. The molecule has 0 aliphatic rings. The normalized spacial score (nSPS) is 12.2. The molecule has 5 aromatic carbocycles. The second-order valence-electron chi connectivity index (χ2n) is 13.6. The van der Waals surface area contributed by atoms with Gasteiger partial charge in [0.2, 0.25) is 12.1 Å². The van der Waals surface area contributed by atoms with Gasteiger partial charge in [-0.3, -0.25) is 28.8 Å². The highest BCUT2D eigenvalue weighted by Gasteiger charge is 2.27. The lowest BCUT2D eigenvalue weighted by Gasteiger charge is -2.16. The molecule has 4 N–H and O–H groups in total. The zero-order valence-corrected chi connectivity index (χ0v) is 39.4. The molecule has 5 aromatic rings. The van der Waals surface area contributed by atoms with Gasteiger partial charge in [-0.05, 0) is 112 Å². The van der Waals surface area contributed by atoms with Gasteiger partial charge in [-0.25, -0.2) is 0 Å². The largest absolute Gasteiger partial charge is 0.324 e. The fourth-order valence-electron chi connectivity index (χ4n) is 5.52. The number of ketones is 2. The van der Waals surface area contributed by atoms with Crippen molar-refractivity contribution >= 4 is 162 Å². The van der Waals surface area contributed by atoms with Gasteiger partial charge in [0.25, 0.3) is 23.6 Å². The molecule has 14 nitrogen and oxygen atoms in total. The summed E-state index contributed by atoms with van der Waals surface area (Å²) in [5.41, 5.74) is 1.76.